The Bertz CT molecular complexity index is 726. The molecule has 132 valence electrons. The maximum atomic E-state index is 5.52. The first-order valence-electron chi connectivity index (χ1n) is 9.65. The predicted octanol–water partition coefficient (Wildman–Crippen LogP) is 4.51. The van der Waals surface area contributed by atoms with Crippen LogP contribution in [0.2, 0.25) is 0 Å². The average molecular weight is 335 g/mol. The minimum atomic E-state index is 0.224. The normalized spacial score (nSPS) is 27.6. The van der Waals surface area contributed by atoms with Gasteiger partial charge in [-0.3, -0.25) is 0 Å². The lowest BCUT2D eigenvalue weighted by molar-refractivity contribution is 0.141. The quantitative estimate of drug-likeness (QED) is 0.868. The van der Waals surface area contributed by atoms with Gasteiger partial charge in [-0.25, -0.2) is 0 Å². The molecule has 3 atom stereocenters. The summed E-state index contributed by atoms with van der Waals surface area (Å²) in [7, 11) is 1.77. The van der Waals surface area contributed by atoms with E-state index in [0.717, 1.165) is 24.6 Å². The molecule has 2 aromatic carbocycles. The summed E-state index contributed by atoms with van der Waals surface area (Å²) >= 11 is 0. The molecule has 0 saturated heterocycles. The third-order valence-corrected chi connectivity index (χ3v) is 6.46. The number of benzene rings is 2. The lowest BCUT2D eigenvalue weighted by Gasteiger charge is -2.51. The van der Waals surface area contributed by atoms with E-state index in [1.807, 2.05) is 0 Å². The molecule has 0 heterocycles. The first-order chi connectivity index (χ1) is 12.2. The van der Waals surface area contributed by atoms with Gasteiger partial charge in [-0.1, -0.05) is 49.7 Å². The van der Waals surface area contributed by atoms with Crippen LogP contribution in [0.25, 0.3) is 0 Å². The second kappa shape index (κ2) is 6.84. The van der Waals surface area contributed by atoms with Crippen LogP contribution in [0.3, 0.4) is 0 Å². The van der Waals surface area contributed by atoms with Gasteiger partial charge < -0.3 is 10.1 Å². The molecule has 2 heteroatoms. The van der Waals surface area contributed by atoms with E-state index in [-0.39, 0.29) is 5.41 Å². The first kappa shape index (κ1) is 16.7. The number of hydrogen-bond acceptors (Lipinski definition) is 2. The molecular formula is C23H29NO. The van der Waals surface area contributed by atoms with Crippen LogP contribution in [0.1, 0.15) is 42.9 Å². The Morgan fingerprint density at radius 3 is 2.80 bits per heavy atom. The smallest absolute Gasteiger partial charge is 0.119 e. The molecule has 2 aliphatic rings. The van der Waals surface area contributed by atoms with Crippen LogP contribution in [-0.4, -0.2) is 19.7 Å². The van der Waals surface area contributed by atoms with Crippen molar-refractivity contribution in [1.82, 2.24) is 5.32 Å². The van der Waals surface area contributed by atoms with E-state index >= 15 is 0 Å². The minimum Gasteiger partial charge on any atom is -0.497 e. The van der Waals surface area contributed by atoms with Gasteiger partial charge in [0.1, 0.15) is 5.75 Å². The van der Waals surface area contributed by atoms with Crippen molar-refractivity contribution in [3.63, 3.8) is 0 Å². The molecule has 2 nitrogen and oxygen atoms in total. The van der Waals surface area contributed by atoms with E-state index in [9.17, 15) is 0 Å². The summed E-state index contributed by atoms with van der Waals surface area (Å²) in [6, 6.07) is 18.1. The van der Waals surface area contributed by atoms with E-state index in [1.165, 1.54) is 42.4 Å². The Kier molecular flexibility index (Phi) is 4.56. The fourth-order valence-electron chi connectivity index (χ4n) is 5.18. The van der Waals surface area contributed by atoms with Crippen molar-refractivity contribution < 1.29 is 4.74 Å². The highest BCUT2D eigenvalue weighted by atomic mass is 16.5. The Hall–Kier alpha value is -1.80. The fraction of sp³-hybridized carbons (Fsp3) is 0.478. The summed E-state index contributed by atoms with van der Waals surface area (Å²) in [5.74, 6) is 1.75. The molecule has 2 aromatic rings. The topological polar surface area (TPSA) is 21.3 Å². The number of nitrogens with one attached hydrogen (secondary N) is 1. The number of rotatable bonds is 5. The van der Waals surface area contributed by atoms with Gasteiger partial charge in [0.05, 0.1) is 7.11 Å². The van der Waals surface area contributed by atoms with Crippen LogP contribution in [0.4, 0.5) is 0 Å². The molecule has 0 aliphatic heterocycles. The third kappa shape index (κ3) is 3.08. The van der Waals surface area contributed by atoms with Crippen molar-refractivity contribution in [3.05, 3.63) is 65.2 Å². The highest BCUT2D eigenvalue weighted by Crippen LogP contribution is 2.49. The number of ether oxygens (including phenoxy) is 1. The van der Waals surface area contributed by atoms with Crippen molar-refractivity contribution >= 4 is 0 Å². The SMILES string of the molecule is COc1ccc2c(c1)[C@@]1(C)CCCC(C2)C1NCCc1ccccc1. The van der Waals surface area contributed by atoms with Gasteiger partial charge in [0.2, 0.25) is 0 Å². The predicted molar refractivity (Wildman–Crippen MR) is 103 cm³/mol. The van der Waals surface area contributed by atoms with Crippen LogP contribution < -0.4 is 10.1 Å². The van der Waals surface area contributed by atoms with Crippen LogP contribution in [0.15, 0.2) is 48.5 Å². The fourth-order valence-corrected chi connectivity index (χ4v) is 5.18. The van der Waals surface area contributed by atoms with Crippen LogP contribution in [0, 0.1) is 5.92 Å². The molecule has 4 rings (SSSR count). The standard InChI is InChI=1S/C23H29NO/c1-23-13-6-9-19(15-18-10-11-20(25-2)16-21(18)23)22(23)24-14-12-17-7-4-3-5-8-17/h3-5,7-8,10-11,16,19,22,24H,6,9,12-15H2,1-2H3/t19?,22?,23-/m1/s1. The van der Waals surface area contributed by atoms with Crippen molar-refractivity contribution in [3.8, 4) is 5.75 Å². The van der Waals surface area contributed by atoms with Gasteiger partial charge in [-0.2, -0.15) is 0 Å². The van der Waals surface area contributed by atoms with Gasteiger partial charge in [0.15, 0.2) is 0 Å². The van der Waals surface area contributed by atoms with E-state index in [0.29, 0.717) is 6.04 Å². The van der Waals surface area contributed by atoms with Crippen LogP contribution >= 0.6 is 0 Å². The molecule has 2 bridgehead atoms. The zero-order valence-corrected chi connectivity index (χ0v) is 15.4. The van der Waals surface area contributed by atoms with Crippen molar-refractivity contribution in [2.24, 2.45) is 5.92 Å². The largest absolute Gasteiger partial charge is 0.497 e. The lowest BCUT2D eigenvalue weighted by Crippen LogP contribution is -2.57. The summed E-state index contributed by atoms with van der Waals surface area (Å²) < 4.78 is 5.52. The molecule has 1 saturated carbocycles. The molecule has 0 spiro atoms. The molecule has 2 unspecified atom stereocenters. The molecule has 0 radical (unpaired) electrons. The summed E-state index contributed by atoms with van der Waals surface area (Å²) in [6.45, 7) is 3.52. The monoisotopic (exact) mass is 335 g/mol. The Balaban J connectivity index is 1.55. The van der Waals surface area contributed by atoms with Crippen molar-refractivity contribution in [2.75, 3.05) is 13.7 Å². The molecule has 0 amide bonds. The van der Waals surface area contributed by atoms with Crippen LogP contribution in [-0.2, 0) is 18.3 Å². The first-order valence-corrected chi connectivity index (χ1v) is 9.65. The van der Waals surface area contributed by atoms with Gasteiger partial charge in [-0.05, 0) is 67.0 Å². The van der Waals surface area contributed by atoms with E-state index < -0.39 is 0 Å². The maximum Gasteiger partial charge on any atom is 0.119 e. The van der Waals surface area contributed by atoms with Crippen LogP contribution in [0.5, 0.6) is 5.75 Å². The zero-order valence-electron chi connectivity index (χ0n) is 15.4. The van der Waals surface area contributed by atoms with Gasteiger partial charge in [-0.15, -0.1) is 0 Å². The van der Waals surface area contributed by atoms with Crippen molar-refractivity contribution in [2.45, 2.75) is 50.5 Å². The van der Waals surface area contributed by atoms with Gasteiger partial charge in [0.25, 0.3) is 0 Å². The maximum absolute atomic E-state index is 5.52. The molecule has 25 heavy (non-hydrogen) atoms. The lowest BCUT2D eigenvalue weighted by atomic mass is 9.57. The second-order valence-electron chi connectivity index (χ2n) is 7.96. The highest BCUT2D eigenvalue weighted by molar-refractivity contribution is 5.45. The third-order valence-electron chi connectivity index (χ3n) is 6.46. The summed E-state index contributed by atoms with van der Waals surface area (Å²) in [5.41, 5.74) is 4.69. The molecule has 1 N–H and O–H groups in total. The van der Waals surface area contributed by atoms with Gasteiger partial charge in [0, 0.05) is 11.5 Å². The van der Waals surface area contributed by atoms with E-state index in [2.05, 4.69) is 60.8 Å². The average Bonchev–Trinajstić information content (AvgIpc) is 2.64. The Labute approximate surface area is 151 Å². The molecule has 1 fully saturated rings. The summed E-state index contributed by atoms with van der Waals surface area (Å²) in [4.78, 5) is 0. The number of hydrogen-bond donors (Lipinski definition) is 1. The Morgan fingerprint density at radius 2 is 2.00 bits per heavy atom. The van der Waals surface area contributed by atoms with Gasteiger partial charge >= 0.3 is 0 Å². The van der Waals surface area contributed by atoms with Crippen molar-refractivity contribution in [1.29, 1.82) is 0 Å². The summed E-state index contributed by atoms with van der Waals surface area (Å²) in [5, 5.41) is 3.95. The second-order valence-corrected chi connectivity index (χ2v) is 7.96. The molecule has 2 aliphatic carbocycles. The molecule has 0 aromatic heterocycles. The number of fused-ring (bicyclic) bond motifs is 4. The molecular weight excluding hydrogens is 306 g/mol. The number of methoxy groups -OCH3 is 1. The Morgan fingerprint density at radius 1 is 1.16 bits per heavy atom. The highest BCUT2D eigenvalue weighted by Gasteiger charge is 2.47. The van der Waals surface area contributed by atoms with E-state index in [4.69, 9.17) is 4.74 Å². The zero-order chi connectivity index (χ0) is 17.3. The van der Waals surface area contributed by atoms with E-state index in [1.54, 1.807) is 7.11 Å². The summed E-state index contributed by atoms with van der Waals surface area (Å²) in [6.07, 6.45) is 6.27. The minimum absolute atomic E-state index is 0.224.